The van der Waals surface area contributed by atoms with Crippen LogP contribution in [-0.2, 0) is 39.0 Å². The minimum absolute atomic E-state index is 0. The number of benzene rings is 3. The van der Waals surface area contributed by atoms with Gasteiger partial charge in [-0.1, -0.05) is 83.6 Å². The van der Waals surface area contributed by atoms with Gasteiger partial charge in [-0.05, 0) is 35.4 Å². The minimum Gasteiger partial charge on any atom is -0.487 e. The molecule has 1 radical (unpaired) electrons. The van der Waals surface area contributed by atoms with Gasteiger partial charge in [0.05, 0.1) is 30.5 Å². The Kier molecular flexibility index (Phi) is 10.1. The van der Waals surface area contributed by atoms with Crippen molar-refractivity contribution < 1.29 is 24.5 Å². The first kappa shape index (κ1) is 33.5. The average molecular weight is 779 g/mol. The Bertz CT molecular complexity index is 1860. The molecule has 0 amide bonds. The molecule has 44 heavy (non-hydrogen) atoms. The van der Waals surface area contributed by atoms with E-state index < -0.39 is 8.07 Å². The van der Waals surface area contributed by atoms with Crippen LogP contribution in [0.1, 0.15) is 46.1 Å². The van der Waals surface area contributed by atoms with Crippen LogP contribution in [0, 0.1) is 18.1 Å². The average Bonchev–Trinajstić information content (AvgIpc) is 3.55. The number of oxazole rings is 1. The van der Waals surface area contributed by atoms with Gasteiger partial charge in [0.15, 0.2) is 5.89 Å². The first-order valence-corrected chi connectivity index (χ1v) is 18.5. The van der Waals surface area contributed by atoms with Gasteiger partial charge in [-0.15, -0.1) is 54.1 Å². The molecule has 0 fully saturated rings. The number of nitrogens with zero attached hydrogens (tertiary/aromatic N) is 4. The summed E-state index contributed by atoms with van der Waals surface area (Å²) in [6, 6.07) is 28.8. The Morgan fingerprint density at radius 2 is 1.64 bits per heavy atom. The van der Waals surface area contributed by atoms with Crippen LogP contribution in [0.25, 0.3) is 44.8 Å². The smallest absolute Gasteiger partial charge is 0.188 e. The number of aromatic nitrogens is 4. The number of imidazole rings is 1. The second-order valence-corrected chi connectivity index (χ2v) is 18.7. The van der Waals surface area contributed by atoms with Crippen molar-refractivity contribution in [3.63, 3.8) is 0 Å². The van der Waals surface area contributed by atoms with E-state index in [2.05, 4.69) is 105 Å². The molecule has 3 aromatic heterocycles. The van der Waals surface area contributed by atoms with E-state index in [1.165, 1.54) is 10.8 Å². The summed E-state index contributed by atoms with van der Waals surface area (Å²) in [4.78, 5) is 14.1. The molecular weight excluding hydrogens is 737 g/mol. The molecule has 0 unspecified atom stereocenters. The number of fused-ring (bicyclic) bond motifs is 2. The maximum atomic E-state index is 6.07. The Morgan fingerprint density at radius 1 is 0.909 bits per heavy atom. The molecule has 6 aromatic rings. The van der Waals surface area contributed by atoms with E-state index in [1.54, 1.807) is 0 Å². The van der Waals surface area contributed by atoms with Crippen molar-refractivity contribution in [2.45, 2.75) is 66.1 Å². The number of pyridine rings is 1. The monoisotopic (exact) mass is 779 g/mol. The van der Waals surface area contributed by atoms with Crippen molar-refractivity contribution in [2.24, 2.45) is 13.0 Å². The number of hydrogen-bond donors (Lipinski definition) is 0. The van der Waals surface area contributed by atoms with E-state index in [1.807, 2.05) is 55.6 Å². The van der Waals surface area contributed by atoms with Gasteiger partial charge in [-0.3, -0.25) is 4.98 Å². The van der Waals surface area contributed by atoms with Crippen LogP contribution in [0.3, 0.4) is 0 Å². The van der Waals surface area contributed by atoms with Gasteiger partial charge < -0.3 is 14.0 Å². The van der Waals surface area contributed by atoms with Crippen molar-refractivity contribution in [1.29, 1.82) is 0 Å². The Labute approximate surface area is 276 Å². The van der Waals surface area contributed by atoms with Crippen molar-refractivity contribution in [2.75, 3.05) is 0 Å². The zero-order valence-electron chi connectivity index (χ0n) is 27.2. The molecule has 0 atom stereocenters. The van der Waals surface area contributed by atoms with Gasteiger partial charge in [0.2, 0.25) is 0 Å². The SMILES string of the molecule is CC(C)Cc1cc(-c2[c-]cccc2)ncc1[Si](C)(C)C.Cn1c(-c2[c-]ccc3nc(C(C)(C)C)oc23)nc2ccccc21.[Ir]. The molecule has 0 saturated heterocycles. The van der Waals surface area contributed by atoms with E-state index in [9.17, 15) is 0 Å². The normalized spacial score (nSPS) is 11.9. The molecule has 5 nitrogen and oxygen atoms in total. The van der Waals surface area contributed by atoms with Crippen LogP contribution in [0.15, 0.2) is 77.3 Å². The van der Waals surface area contributed by atoms with Crippen molar-refractivity contribution >= 4 is 35.4 Å². The van der Waals surface area contributed by atoms with Crippen LogP contribution in [0.4, 0.5) is 0 Å². The summed E-state index contributed by atoms with van der Waals surface area (Å²) in [7, 11) is 0.671. The third-order valence-electron chi connectivity index (χ3n) is 7.41. The van der Waals surface area contributed by atoms with E-state index in [0.717, 1.165) is 57.1 Å². The second-order valence-electron chi connectivity index (χ2n) is 13.7. The van der Waals surface area contributed by atoms with E-state index in [-0.39, 0.29) is 25.5 Å². The predicted molar refractivity (Wildman–Crippen MR) is 181 cm³/mol. The topological polar surface area (TPSA) is 56.7 Å². The zero-order valence-corrected chi connectivity index (χ0v) is 30.6. The molecule has 6 rings (SSSR count). The van der Waals surface area contributed by atoms with Crippen LogP contribution < -0.4 is 5.19 Å². The fourth-order valence-electron chi connectivity index (χ4n) is 5.23. The first-order valence-electron chi connectivity index (χ1n) is 15.0. The van der Waals surface area contributed by atoms with E-state index in [0.29, 0.717) is 5.92 Å². The fraction of sp³-hybridized carbons (Fsp3) is 0.324. The van der Waals surface area contributed by atoms with Gasteiger partial charge in [-0.2, -0.15) is 0 Å². The number of para-hydroxylation sites is 2. The number of aryl methyl sites for hydroxylation is 1. The van der Waals surface area contributed by atoms with Crippen LogP contribution in [0.5, 0.6) is 0 Å². The molecule has 0 aliphatic heterocycles. The third kappa shape index (κ3) is 7.28. The van der Waals surface area contributed by atoms with Crippen LogP contribution in [0.2, 0.25) is 19.6 Å². The molecule has 0 aliphatic rings. The molecule has 7 heteroatoms. The minimum atomic E-state index is -1.34. The molecule has 3 aromatic carbocycles. The molecule has 3 heterocycles. The third-order valence-corrected chi connectivity index (χ3v) is 9.48. The molecule has 0 N–H and O–H groups in total. The van der Waals surface area contributed by atoms with Gasteiger partial charge in [-0.25, -0.2) is 4.98 Å². The summed E-state index contributed by atoms with van der Waals surface area (Å²) in [6.07, 6.45) is 3.24. The molecule has 0 spiro atoms. The summed E-state index contributed by atoms with van der Waals surface area (Å²) in [5.74, 6) is 2.24. The fourth-order valence-corrected chi connectivity index (χ4v) is 6.82. The van der Waals surface area contributed by atoms with Gasteiger partial charge in [0.25, 0.3) is 0 Å². The number of hydrogen-bond acceptors (Lipinski definition) is 4. The molecular formula is C37H42IrN4OSi-2. The van der Waals surface area contributed by atoms with Crippen molar-refractivity contribution in [1.82, 2.24) is 19.5 Å². The van der Waals surface area contributed by atoms with Gasteiger partial charge in [0, 0.05) is 44.3 Å². The van der Waals surface area contributed by atoms with Gasteiger partial charge >= 0.3 is 0 Å². The molecule has 0 bridgehead atoms. The zero-order chi connectivity index (χ0) is 30.9. The standard InChI is InChI=1S/C19H18N3O.C18H24NSi.Ir/c1-19(2,3)18-21-14-10-7-8-12(16(14)23-18)17-20-13-9-5-6-11-15(13)22(17)4;1-14(2)11-16-12-17(15-9-7-6-8-10-15)19-13-18(16)20(3,4)5;/h5-7,9-11H,1-4H3;6-9,12-14H,11H2,1-5H3;/q2*-1;. The second kappa shape index (κ2) is 13.3. The van der Waals surface area contributed by atoms with E-state index in [4.69, 9.17) is 9.40 Å². The Hall–Kier alpha value is -3.38. The largest absolute Gasteiger partial charge is 0.487 e. The first-order chi connectivity index (χ1) is 20.3. The summed E-state index contributed by atoms with van der Waals surface area (Å²) < 4.78 is 8.14. The summed E-state index contributed by atoms with van der Waals surface area (Å²) >= 11 is 0. The summed E-state index contributed by atoms with van der Waals surface area (Å²) in [6.45, 7) is 18.0. The van der Waals surface area contributed by atoms with Crippen molar-refractivity contribution in [3.8, 4) is 22.6 Å². The quantitative estimate of drug-likeness (QED) is 0.130. The Balaban J connectivity index is 0.000000199. The summed E-state index contributed by atoms with van der Waals surface area (Å²) in [5, 5.41) is 1.49. The molecule has 0 aliphatic carbocycles. The maximum absolute atomic E-state index is 6.07. The van der Waals surface area contributed by atoms with Crippen LogP contribution >= 0.6 is 0 Å². The molecule has 231 valence electrons. The predicted octanol–water partition coefficient (Wildman–Crippen LogP) is 8.77. The van der Waals surface area contributed by atoms with E-state index >= 15 is 0 Å². The van der Waals surface area contributed by atoms with Crippen molar-refractivity contribution in [3.05, 3.63) is 96.5 Å². The Morgan fingerprint density at radius 3 is 2.27 bits per heavy atom. The maximum Gasteiger partial charge on any atom is 0.188 e. The number of rotatable bonds is 5. The molecule has 0 saturated carbocycles. The van der Waals surface area contributed by atoms with Gasteiger partial charge in [0.1, 0.15) is 0 Å². The summed E-state index contributed by atoms with van der Waals surface area (Å²) in [5.41, 5.74) is 7.96. The van der Waals surface area contributed by atoms with Crippen LogP contribution in [-0.4, -0.2) is 27.6 Å².